The van der Waals surface area contributed by atoms with Crippen LogP contribution >= 0.6 is 0 Å². The summed E-state index contributed by atoms with van der Waals surface area (Å²) < 4.78 is 25.6. The lowest BCUT2D eigenvalue weighted by Gasteiger charge is -2.04. The van der Waals surface area contributed by atoms with Crippen LogP contribution in [0.2, 0.25) is 0 Å². The molecular formula is C12H13N7O3S. The Balaban J connectivity index is 1.65. The van der Waals surface area contributed by atoms with Crippen molar-refractivity contribution in [3.63, 3.8) is 0 Å². The number of amides is 1. The van der Waals surface area contributed by atoms with E-state index in [0.717, 1.165) is 17.3 Å². The molecule has 2 heterocycles. The van der Waals surface area contributed by atoms with Crippen molar-refractivity contribution in [3.05, 3.63) is 30.7 Å². The zero-order chi connectivity index (χ0) is 16.4. The highest BCUT2D eigenvalue weighted by Crippen LogP contribution is 2.15. The van der Waals surface area contributed by atoms with E-state index in [9.17, 15) is 13.2 Å². The number of anilines is 2. The van der Waals surface area contributed by atoms with E-state index in [1.807, 2.05) is 0 Å². The van der Waals surface area contributed by atoms with Crippen molar-refractivity contribution < 1.29 is 13.2 Å². The van der Waals surface area contributed by atoms with Gasteiger partial charge in [0.2, 0.25) is 15.9 Å². The molecule has 120 valence electrons. The van der Waals surface area contributed by atoms with Gasteiger partial charge in [0.1, 0.15) is 6.54 Å². The van der Waals surface area contributed by atoms with Gasteiger partial charge in [-0.05, 0) is 18.2 Å². The number of fused-ring (bicyclic) bond motifs is 1. The quantitative estimate of drug-likeness (QED) is 0.608. The number of hydrogen-bond acceptors (Lipinski definition) is 6. The van der Waals surface area contributed by atoms with Gasteiger partial charge in [0.05, 0.1) is 29.8 Å². The summed E-state index contributed by atoms with van der Waals surface area (Å²) in [4.78, 5) is 19.0. The van der Waals surface area contributed by atoms with Gasteiger partial charge in [-0.25, -0.2) is 18.1 Å². The lowest BCUT2D eigenvalue weighted by Crippen LogP contribution is -2.19. The van der Waals surface area contributed by atoms with E-state index < -0.39 is 10.0 Å². The first-order valence-corrected chi connectivity index (χ1v) is 8.39. The van der Waals surface area contributed by atoms with Crippen LogP contribution in [0.4, 0.5) is 11.5 Å². The number of carbonyl (C=O) groups excluding carboxylic acids is 1. The molecule has 0 aliphatic carbocycles. The Morgan fingerprint density at radius 1 is 1.39 bits per heavy atom. The Kier molecular flexibility index (Phi) is 3.70. The number of aromatic nitrogens is 5. The van der Waals surface area contributed by atoms with E-state index in [2.05, 4.69) is 30.3 Å². The predicted octanol–water partition coefficient (Wildman–Crippen LogP) is 0.165. The maximum atomic E-state index is 12.0. The van der Waals surface area contributed by atoms with Crippen molar-refractivity contribution in [1.82, 2.24) is 25.0 Å². The molecule has 0 radical (unpaired) electrons. The maximum absolute atomic E-state index is 12.0. The van der Waals surface area contributed by atoms with Crippen LogP contribution in [-0.4, -0.2) is 45.5 Å². The van der Waals surface area contributed by atoms with Crippen molar-refractivity contribution in [3.8, 4) is 0 Å². The normalized spacial score (nSPS) is 11.5. The van der Waals surface area contributed by atoms with Crippen LogP contribution in [0.1, 0.15) is 0 Å². The summed E-state index contributed by atoms with van der Waals surface area (Å²) in [5.41, 5.74) is 2.22. The highest BCUT2D eigenvalue weighted by molar-refractivity contribution is 7.92. The van der Waals surface area contributed by atoms with Gasteiger partial charge in [-0.2, -0.15) is 0 Å². The molecule has 2 aromatic heterocycles. The van der Waals surface area contributed by atoms with Gasteiger partial charge in [0, 0.05) is 5.69 Å². The molecule has 23 heavy (non-hydrogen) atoms. The van der Waals surface area contributed by atoms with Crippen LogP contribution in [0.25, 0.3) is 11.0 Å². The van der Waals surface area contributed by atoms with Crippen LogP contribution < -0.4 is 10.0 Å². The molecule has 0 saturated carbocycles. The Morgan fingerprint density at radius 2 is 2.22 bits per heavy atom. The summed E-state index contributed by atoms with van der Waals surface area (Å²) in [6.45, 7) is -0.0978. The third-order valence-electron chi connectivity index (χ3n) is 2.84. The summed E-state index contributed by atoms with van der Waals surface area (Å²) in [5, 5.41) is 10.0. The van der Waals surface area contributed by atoms with E-state index in [-0.39, 0.29) is 18.3 Å². The molecule has 0 fully saturated rings. The smallest absolute Gasteiger partial charge is 0.246 e. The summed E-state index contributed by atoms with van der Waals surface area (Å²) in [6, 6.07) is 5.28. The number of hydrogen-bond donors (Lipinski definition) is 3. The second-order valence-electron chi connectivity index (χ2n) is 4.86. The number of carbonyl (C=O) groups is 1. The molecule has 1 aromatic carbocycles. The Hall–Kier alpha value is -2.95. The van der Waals surface area contributed by atoms with Crippen LogP contribution in [-0.2, 0) is 21.4 Å². The lowest BCUT2D eigenvalue weighted by molar-refractivity contribution is -0.116. The van der Waals surface area contributed by atoms with Crippen molar-refractivity contribution in [1.29, 1.82) is 0 Å². The number of benzene rings is 1. The Bertz CT molecular complexity index is 960. The van der Waals surface area contributed by atoms with Crippen molar-refractivity contribution in [2.75, 3.05) is 16.3 Å². The lowest BCUT2D eigenvalue weighted by atomic mass is 10.3. The number of rotatable bonds is 5. The fourth-order valence-corrected chi connectivity index (χ4v) is 2.45. The molecule has 0 bridgehead atoms. The van der Waals surface area contributed by atoms with Crippen LogP contribution in [0.3, 0.4) is 0 Å². The van der Waals surface area contributed by atoms with Gasteiger partial charge >= 0.3 is 0 Å². The fourth-order valence-electron chi connectivity index (χ4n) is 1.97. The molecule has 1 amide bonds. The molecule has 11 heteroatoms. The first-order valence-electron chi connectivity index (χ1n) is 6.50. The third-order valence-corrected chi connectivity index (χ3v) is 3.42. The molecule has 10 nitrogen and oxygen atoms in total. The zero-order valence-electron chi connectivity index (χ0n) is 12.0. The maximum Gasteiger partial charge on any atom is 0.246 e. The molecule has 3 aromatic rings. The van der Waals surface area contributed by atoms with Gasteiger partial charge in [-0.1, -0.05) is 5.21 Å². The van der Waals surface area contributed by atoms with E-state index in [1.165, 1.54) is 10.9 Å². The number of H-pyrrole nitrogens is 1. The predicted molar refractivity (Wildman–Crippen MR) is 83.2 cm³/mol. The van der Waals surface area contributed by atoms with E-state index in [4.69, 9.17) is 0 Å². The first-order chi connectivity index (χ1) is 10.9. The monoisotopic (exact) mass is 335 g/mol. The summed E-state index contributed by atoms with van der Waals surface area (Å²) in [5.74, 6) is -0.265. The highest BCUT2D eigenvalue weighted by Gasteiger charge is 2.09. The molecule has 0 saturated heterocycles. The second kappa shape index (κ2) is 5.68. The van der Waals surface area contributed by atoms with Gasteiger partial charge < -0.3 is 10.3 Å². The standard InChI is InChI=1S/C12H13N7O3S/c1-23(21,22)17-11-5-19(18-16-11)6-12(20)15-8-2-3-9-10(4-8)14-7-13-9/h2-5,7,17H,6H2,1H3,(H,13,14)(H,15,20). The Morgan fingerprint density at radius 3 is 3.00 bits per heavy atom. The highest BCUT2D eigenvalue weighted by atomic mass is 32.2. The van der Waals surface area contributed by atoms with E-state index in [0.29, 0.717) is 5.69 Å². The van der Waals surface area contributed by atoms with Crippen molar-refractivity contribution >= 4 is 38.5 Å². The summed E-state index contributed by atoms with van der Waals surface area (Å²) >= 11 is 0. The SMILES string of the molecule is CS(=O)(=O)Nc1cn(CC(=O)Nc2ccc3nc[nH]c3c2)nn1. The van der Waals surface area contributed by atoms with Gasteiger partial charge in [0.25, 0.3) is 0 Å². The number of imidazole rings is 1. The van der Waals surface area contributed by atoms with Crippen LogP contribution in [0.15, 0.2) is 30.7 Å². The van der Waals surface area contributed by atoms with E-state index in [1.54, 1.807) is 24.5 Å². The van der Waals surface area contributed by atoms with Crippen LogP contribution in [0.5, 0.6) is 0 Å². The van der Waals surface area contributed by atoms with Gasteiger partial charge in [-0.15, -0.1) is 5.10 Å². The number of nitrogens with zero attached hydrogens (tertiary/aromatic N) is 4. The second-order valence-corrected chi connectivity index (χ2v) is 6.61. The van der Waals surface area contributed by atoms with Gasteiger partial charge in [-0.3, -0.25) is 9.52 Å². The van der Waals surface area contributed by atoms with Crippen molar-refractivity contribution in [2.45, 2.75) is 6.54 Å². The minimum atomic E-state index is -3.43. The Labute approximate surface area is 131 Å². The zero-order valence-corrected chi connectivity index (χ0v) is 12.8. The minimum absolute atomic E-state index is 0.0548. The fraction of sp³-hybridized carbons (Fsp3) is 0.167. The third kappa shape index (κ3) is 3.83. The topological polar surface area (TPSA) is 135 Å². The average molecular weight is 335 g/mol. The molecule has 0 aliphatic heterocycles. The molecule has 0 spiro atoms. The largest absolute Gasteiger partial charge is 0.345 e. The number of nitrogens with one attached hydrogen (secondary N) is 3. The summed E-state index contributed by atoms with van der Waals surface area (Å²) in [6.07, 6.45) is 3.91. The molecule has 0 unspecified atom stereocenters. The molecule has 3 N–H and O–H groups in total. The first kappa shape index (κ1) is 15.0. The molecule has 0 aliphatic rings. The average Bonchev–Trinajstić information content (AvgIpc) is 3.05. The van der Waals surface area contributed by atoms with E-state index >= 15 is 0 Å². The van der Waals surface area contributed by atoms with Crippen LogP contribution in [0, 0.1) is 0 Å². The number of sulfonamides is 1. The molecular weight excluding hydrogens is 322 g/mol. The minimum Gasteiger partial charge on any atom is -0.345 e. The molecule has 3 rings (SSSR count). The summed E-state index contributed by atoms with van der Waals surface area (Å²) in [7, 11) is -3.43. The van der Waals surface area contributed by atoms with Crippen molar-refractivity contribution in [2.24, 2.45) is 0 Å². The molecule has 0 atom stereocenters. The van der Waals surface area contributed by atoms with Gasteiger partial charge in [0.15, 0.2) is 5.82 Å². The number of aromatic amines is 1.